The van der Waals surface area contributed by atoms with Gasteiger partial charge in [0, 0.05) is 22.2 Å². The van der Waals surface area contributed by atoms with Crippen molar-refractivity contribution in [2.75, 3.05) is 0 Å². The average Bonchev–Trinajstić information content (AvgIpc) is 2.89. The van der Waals surface area contributed by atoms with Crippen LogP contribution in [0.5, 0.6) is 0 Å². The third-order valence-corrected chi connectivity index (χ3v) is 6.02. The highest BCUT2D eigenvalue weighted by Gasteiger charge is 2.21. The molecule has 2 N–H and O–H groups in total. The number of hydrogen-bond acceptors (Lipinski definition) is 3. The minimum absolute atomic E-state index is 0.137. The lowest BCUT2D eigenvalue weighted by atomic mass is 9.87. The predicted octanol–water partition coefficient (Wildman–Crippen LogP) is 4.39. The highest BCUT2D eigenvalue weighted by molar-refractivity contribution is 7.89. The van der Waals surface area contributed by atoms with Crippen molar-refractivity contribution < 1.29 is 8.42 Å². The van der Waals surface area contributed by atoms with Crippen LogP contribution in [0, 0.1) is 13.8 Å². The molecule has 1 heterocycles. The van der Waals surface area contributed by atoms with Gasteiger partial charge in [0.05, 0.1) is 11.1 Å². The van der Waals surface area contributed by atoms with Crippen LogP contribution in [0.25, 0.3) is 10.9 Å². The number of hydrogen-bond donors (Lipinski definition) is 2. The normalized spacial score (nSPS) is 12.8. The molecule has 5 nitrogen and oxygen atoms in total. The van der Waals surface area contributed by atoms with E-state index < -0.39 is 10.0 Å². The van der Waals surface area contributed by atoms with E-state index in [-0.39, 0.29) is 10.3 Å². The van der Waals surface area contributed by atoms with Crippen LogP contribution in [-0.4, -0.2) is 19.6 Å². The molecule has 0 aliphatic heterocycles. The van der Waals surface area contributed by atoms with Crippen molar-refractivity contribution >= 4 is 27.1 Å². The molecule has 0 aliphatic rings. The van der Waals surface area contributed by atoms with Crippen molar-refractivity contribution in [1.29, 1.82) is 0 Å². The van der Waals surface area contributed by atoms with E-state index in [1.54, 1.807) is 19.2 Å². The number of nitrogens with one attached hydrogen (secondary N) is 2. The SMILES string of the molecule is Cc1ccc(C(C)(C)C)cc1S(=O)(=O)N/N=C/c1c(C)[nH]c2ccccc12. The Morgan fingerprint density at radius 2 is 1.78 bits per heavy atom. The number of H-pyrrole nitrogens is 1. The zero-order chi connectivity index (χ0) is 19.8. The third-order valence-electron chi connectivity index (χ3n) is 4.65. The number of aromatic amines is 1. The first-order valence-corrected chi connectivity index (χ1v) is 10.3. The fraction of sp³-hybridized carbons (Fsp3) is 0.286. The predicted molar refractivity (Wildman–Crippen MR) is 111 cm³/mol. The summed E-state index contributed by atoms with van der Waals surface area (Å²) in [5.41, 5.74) is 4.31. The van der Waals surface area contributed by atoms with E-state index in [2.05, 4.69) is 35.7 Å². The quantitative estimate of drug-likeness (QED) is 0.518. The first kappa shape index (κ1) is 19.2. The summed E-state index contributed by atoms with van der Waals surface area (Å²) in [5.74, 6) is 0. The summed E-state index contributed by atoms with van der Waals surface area (Å²) < 4.78 is 25.6. The van der Waals surface area contributed by atoms with Gasteiger partial charge in [-0.25, -0.2) is 4.83 Å². The van der Waals surface area contributed by atoms with Gasteiger partial charge in [-0.15, -0.1) is 0 Å². The Morgan fingerprint density at radius 3 is 2.48 bits per heavy atom. The Kier molecular flexibility index (Phi) is 4.86. The van der Waals surface area contributed by atoms with Crippen molar-refractivity contribution in [2.24, 2.45) is 5.10 Å². The van der Waals surface area contributed by atoms with Gasteiger partial charge in [-0.05, 0) is 42.5 Å². The molecule has 142 valence electrons. The average molecular weight is 384 g/mol. The number of benzene rings is 2. The molecular formula is C21H25N3O2S. The molecule has 2 aromatic carbocycles. The van der Waals surface area contributed by atoms with Crippen molar-refractivity contribution in [1.82, 2.24) is 9.82 Å². The van der Waals surface area contributed by atoms with E-state index >= 15 is 0 Å². The van der Waals surface area contributed by atoms with Gasteiger partial charge in [0.2, 0.25) is 0 Å². The molecule has 27 heavy (non-hydrogen) atoms. The summed E-state index contributed by atoms with van der Waals surface area (Å²) in [5, 5.41) is 5.03. The Bertz CT molecular complexity index is 1120. The number of aryl methyl sites for hydroxylation is 2. The maximum Gasteiger partial charge on any atom is 0.276 e. The second-order valence-electron chi connectivity index (χ2n) is 7.79. The van der Waals surface area contributed by atoms with Crippen LogP contribution < -0.4 is 4.83 Å². The lowest BCUT2D eigenvalue weighted by Crippen LogP contribution is -2.21. The molecule has 0 aliphatic carbocycles. The molecule has 0 radical (unpaired) electrons. The van der Waals surface area contributed by atoms with Crippen molar-refractivity contribution in [2.45, 2.75) is 44.9 Å². The van der Waals surface area contributed by atoms with Gasteiger partial charge >= 0.3 is 0 Å². The number of para-hydroxylation sites is 1. The molecule has 3 rings (SSSR count). The van der Waals surface area contributed by atoms with E-state index in [0.29, 0.717) is 5.56 Å². The largest absolute Gasteiger partial charge is 0.358 e. The first-order chi connectivity index (χ1) is 12.6. The van der Waals surface area contributed by atoms with Crippen LogP contribution in [0.2, 0.25) is 0 Å². The zero-order valence-corrected chi connectivity index (χ0v) is 17.1. The smallest absolute Gasteiger partial charge is 0.276 e. The van der Waals surface area contributed by atoms with Crippen LogP contribution >= 0.6 is 0 Å². The Hall–Kier alpha value is -2.60. The van der Waals surface area contributed by atoms with Crippen molar-refractivity contribution in [3.63, 3.8) is 0 Å². The molecular weight excluding hydrogens is 358 g/mol. The number of hydrazone groups is 1. The first-order valence-electron chi connectivity index (χ1n) is 8.83. The van der Waals surface area contributed by atoms with E-state index in [1.165, 1.54) is 0 Å². The molecule has 0 fully saturated rings. The van der Waals surface area contributed by atoms with Crippen molar-refractivity contribution in [3.8, 4) is 0 Å². The van der Waals surface area contributed by atoms with Crippen LogP contribution in [0.4, 0.5) is 0 Å². The second kappa shape index (κ2) is 6.85. The topological polar surface area (TPSA) is 74.3 Å². The van der Waals surface area contributed by atoms with Crippen LogP contribution in [0.15, 0.2) is 52.5 Å². The number of fused-ring (bicyclic) bond motifs is 1. The fourth-order valence-electron chi connectivity index (χ4n) is 3.03. The summed E-state index contributed by atoms with van der Waals surface area (Å²) in [6, 6.07) is 13.4. The van der Waals surface area contributed by atoms with Gasteiger partial charge in [0.1, 0.15) is 0 Å². The fourth-order valence-corrected chi connectivity index (χ4v) is 4.09. The maximum atomic E-state index is 12.8. The van der Waals surface area contributed by atoms with E-state index in [1.807, 2.05) is 43.3 Å². The molecule has 0 saturated heterocycles. The monoisotopic (exact) mass is 383 g/mol. The standard InChI is InChI=1S/C21H25N3O2S/c1-14-10-11-16(21(3,4)5)12-20(14)27(25,26)24-22-13-18-15(2)23-19-9-7-6-8-17(18)19/h6-13,23-24H,1-5H3/b22-13+. The van der Waals surface area contributed by atoms with Gasteiger partial charge in [-0.1, -0.05) is 51.1 Å². The molecule has 3 aromatic rings. The molecule has 0 unspecified atom stereocenters. The van der Waals surface area contributed by atoms with Gasteiger partial charge < -0.3 is 4.98 Å². The Balaban J connectivity index is 1.91. The van der Waals surface area contributed by atoms with Gasteiger partial charge in [-0.3, -0.25) is 0 Å². The van der Waals surface area contributed by atoms with Crippen LogP contribution in [0.1, 0.15) is 43.2 Å². The van der Waals surface area contributed by atoms with E-state index in [0.717, 1.165) is 27.7 Å². The van der Waals surface area contributed by atoms with E-state index in [4.69, 9.17) is 0 Å². The number of nitrogens with zero attached hydrogens (tertiary/aromatic N) is 1. The number of rotatable bonds is 4. The molecule has 0 atom stereocenters. The van der Waals surface area contributed by atoms with Crippen molar-refractivity contribution in [3.05, 3.63) is 64.8 Å². The van der Waals surface area contributed by atoms with Gasteiger partial charge in [0.25, 0.3) is 10.0 Å². The lowest BCUT2D eigenvalue weighted by molar-refractivity contribution is 0.577. The Morgan fingerprint density at radius 1 is 1.07 bits per heavy atom. The Labute approximate surface area is 160 Å². The molecule has 0 saturated carbocycles. The summed E-state index contributed by atoms with van der Waals surface area (Å²) in [7, 11) is -3.75. The van der Waals surface area contributed by atoms with E-state index in [9.17, 15) is 8.42 Å². The van der Waals surface area contributed by atoms with Crippen LogP contribution in [-0.2, 0) is 15.4 Å². The lowest BCUT2D eigenvalue weighted by Gasteiger charge is -2.20. The molecule has 0 bridgehead atoms. The maximum absolute atomic E-state index is 12.8. The minimum atomic E-state index is -3.75. The summed E-state index contributed by atoms with van der Waals surface area (Å²) >= 11 is 0. The molecule has 1 aromatic heterocycles. The summed E-state index contributed by atoms with van der Waals surface area (Å²) in [6.45, 7) is 9.89. The highest BCUT2D eigenvalue weighted by Crippen LogP contribution is 2.26. The molecule has 0 amide bonds. The minimum Gasteiger partial charge on any atom is -0.358 e. The van der Waals surface area contributed by atoms with Gasteiger partial charge in [0.15, 0.2) is 0 Å². The number of aromatic nitrogens is 1. The van der Waals surface area contributed by atoms with Crippen LogP contribution in [0.3, 0.4) is 0 Å². The highest BCUT2D eigenvalue weighted by atomic mass is 32.2. The number of sulfonamides is 1. The summed E-state index contributed by atoms with van der Waals surface area (Å²) in [4.78, 5) is 5.88. The summed E-state index contributed by atoms with van der Waals surface area (Å²) in [6.07, 6.45) is 1.55. The second-order valence-corrected chi connectivity index (χ2v) is 9.42. The van der Waals surface area contributed by atoms with Gasteiger partial charge in [-0.2, -0.15) is 13.5 Å². The molecule has 0 spiro atoms. The third kappa shape index (κ3) is 3.90. The zero-order valence-electron chi connectivity index (χ0n) is 16.3. The molecule has 6 heteroatoms.